The molecule has 17 heavy (non-hydrogen) atoms. The van der Waals surface area contributed by atoms with Crippen molar-refractivity contribution < 1.29 is 4.79 Å². The molecule has 2 fully saturated rings. The lowest BCUT2D eigenvalue weighted by Gasteiger charge is -2.35. The molecule has 0 bridgehead atoms. The molecule has 2 aliphatic heterocycles. The number of hydrogen-bond donors (Lipinski definition) is 0. The van der Waals surface area contributed by atoms with Crippen LogP contribution in [0.1, 0.15) is 38.5 Å². The lowest BCUT2D eigenvalue weighted by molar-refractivity contribution is -0.134. The first-order valence-electron chi connectivity index (χ1n) is 6.97. The van der Waals surface area contributed by atoms with Gasteiger partial charge in [-0.1, -0.05) is 6.42 Å². The van der Waals surface area contributed by atoms with E-state index in [1.165, 1.54) is 25.7 Å². The van der Waals surface area contributed by atoms with Crippen molar-refractivity contribution in [2.24, 2.45) is 10.9 Å². The Bertz CT molecular complexity index is 330. The third-order valence-corrected chi connectivity index (χ3v) is 4.18. The minimum atomic E-state index is 0.295. The molecule has 0 aromatic rings. The van der Waals surface area contributed by atoms with E-state index < -0.39 is 0 Å². The Morgan fingerprint density at radius 2 is 1.82 bits per heavy atom. The summed E-state index contributed by atoms with van der Waals surface area (Å²) in [7, 11) is 0. The summed E-state index contributed by atoms with van der Waals surface area (Å²) >= 11 is 0. The van der Waals surface area contributed by atoms with Crippen LogP contribution in [-0.2, 0) is 4.79 Å². The van der Waals surface area contributed by atoms with Crippen molar-refractivity contribution in [2.75, 3.05) is 26.2 Å². The fourth-order valence-electron chi connectivity index (χ4n) is 2.88. The number of carbonyl (C=O) groups excluding carboxylic acids is 1. The van der Waals surface area contributed by atoms with Gasteiger partial charge in [0.25, 0.3) is 0 Å². The Morgan fingerprint density at radius 1 is 1.06 bits per heavy atom. The normalized spacial score (nSPS) is 25.8. The summed E-state index contributed by atoms with van der Waals surface area (Å²) in [4.78, 5) is 21.1. The predicted molar refractivity (Wildman–Crippen MR) is 66.8 cm³/mol. The number of piperidine rings is 1. The molecule has 1 saturated carbocycles. The first-order valence-corrected chi connectivity index (χ1v) is 6.97. The van der Waals surface area contributed by atoms with E-state index in [4.69, 9.17) is 0 Å². The van der Waals surface area contributed by atoms with Crippen LogP contribution in [0.4, 0.5) is 0 Å². The van der Waals surface area contributed by atoms with Gasteiger partial charge in [0, 0.05) is 25.6 Å². The zero-order chi connectivity index (χ0) is 11.7. The highest BCUT2D eigenvalue weighted by Gasteiger charge is 2.35. The fraction of sp³-hybridized carbons (Fsp3) is 0.846. The lowest BCUT2D eigenvalue weighted by atomic mass is 9.84. The molecule has 4 heteroatoms. The van der Waals surface area contributed by atoms with Gasteiger partial charge < -0.3 is 4.90 Å². The highest BCUT2D eigenvalue weighted by atomic mass is 16.2. The molecule has 2 heterocycles. The largest absolute Gasteiger partial charge is 0.342 e. The van der Waals surface area contributed by atoms with Gasteiger partial charge in [0.15, 0.2) is 0 Å². The Labute approximate surface area is 103 Å². The van der Waals surface area contributed by atoms with E-state index in [1.54, 1.807) is 0 Å². The van der Waals surface area contributed by atoms with Gasteiger partial charge in [-0.25, -0.2) is 0 Å². The number of likely N-dealkylation sites (tertiary alicyclic amines) is 1. The Balaban J connectivity index is 1.67. The summed E-state index contributed by atoms with van der Waals surface area (Å²) in [6.07, 6.45) is 7.20. The number of carbonyl (C=O) groups is 1. The maximum atomic E-state index is 12.3. The molecule has 0 aromatic carbocycles. The second kappa shape index (κ2) is 4.67. The van der Waals surface area contributed by atoms with Gasteiger partial charge >= 0.3 is 0 Å². The third kappa shape index (κ3) is 2.05. The number of hydrogen-bond acceptors (Lipinski definition) is 3. The highest BCUT2D eigenvalue weighted by molar-refractivity contribution is 5.99. The van der Waals surface area contributed by atoms with Crippen molar-refractivity contribution in [3.63, 3.8) is 0 Å². The fourth-order valence-corrected chi connectivity index (χ4v) is 2.88. The molecule has 0 aromatic heterocycles. The molecular weight excluding hydrogens is 214 g/mol. The number of guanidine groups is 1. The van der Waals surface area contributed by atoms with E-state index >= 15 is 0 Å². The van der Waals surface area contributed by atoms with Gasteiger partial charge in [-0.2, -0.15) is 0 Å². The molecule has 3 aliphatic rings. The molecule has 0 radical (unpaired) electrons. The molecule has 0 atom stereocenters. The quantitative estimate of drug-likeness (QED) is 0.690. The molecule has 1 aliphatic carbocycles. The lowest BCUT2D eigenvalue weighted by Crippen LogP contribution is -2.49. The summed E-state index contributed by atoms with van der Waals surface area (Å²) < 4.78 is 0. The van der Waals surface area contributed by atoms with Crippen molar-refractivity contribution >= 4 is 11.9 Å². The Morgan fingerprint density at radius 3 is 2.47 bits per heavy atom. The average Bonchev–Trinajstić information content (AvgIpc) is 2.76. The smallest absolute Gasteiger partial charge is 0.232 e. The monoisotopic (exact) mass is 235 g/mol. The van der Waals surface area contributed by atoms with Crippen molar-refractivity contribution in [1.82, 2.24) is 9.80 Å². The van der Waals surface area contributed by atoms with E-state index in [0.717, 1.165) is 45.0 Å². The van der Waals surface area contributed by atoms with E-state index in [-0.39, 0.29) is 0 Å². The highest BCUT2D eigenvalue weighted by Crippen LogP contribution is 2.29. The van der Waals surface area contributed by atoms with Crippen LogP contribution < -0.4 is 0 Å². The van der Waals surface area contributed by atoms with Crippen LogP contribution in [0, 0.1) is 5.92 Å². The molecule has 3 rings (SSSR count). The summed E-state index contributed by atoms with van der Waals surface area (Å²) in [6, 6.07) is 0. The van der Waals surface area contributed by atoms with Crippen LogP contribution in [0.25, 0.3) is 0 Å². The van der Waals surface area contributed by atoms with E-state index in [2.05, 4.69) is 9.89 Å². The number of nitrogens with zero attached hydrogens (tertiary/aromatic N) is 3. The molecule has 0 spiro atoms. The van der Waals surface area contributed by atoms with Crippen molar-refractivity contribution in [1.29, 1.82) is 0 Å². The van der Waals surface area contributed by atoms with Crippen LogP contribution in [0.15, 0.2) is 4.99 Å². The predicted octanol–water partition coefficient (Wildman–Crippen LogP) is 1.47. The molecular formula is C13H21N3O. The van der Waals surface area contributed by atoms with E-state index in [9.17, 15) is 4.79 Å². The minimum absolute atomic E-state index is 0.295. The summed E-state index contributed by atoms with van der Waals surface area (Å²) in [6.45, 7) is 3.76. The Kier molecular flexibility index (Phi) is 3.04. The van der Waals surface area contributed by atoms with E-state index in [0.29, 0.717) is 11.8 Å². The van der Waals surface area contributed by atoms with Crippen LogP contribution in [-0.4, -0.2) is 47.8 Å². The summed E-state index contributed by atoms with van der Waals surface area (Å²) in [5, 5.41) is 0. The van der Waals surface area contributed by atoms with Crippen molar-refractivity contribution in [3.8, 4) is 0 Å². The number of rotatable bonds is 1. The van der Waals surface area contributed by atoms with Gasteiger partial charge in [0.05, 0.1) is 6.54 Å². The second-order valence-corrected chi connectivity index (χ2v) is 5.35. The third-order valence-electron chi connectivity index (χ3n) is 4.18. The van der Waals surface area contributed by atoms with Gasteiger partial charge in [-0.15, -0.1) is 0 Å². The zero-order valence-corrected chi connectivity index (χ0v) is 10.4. The molecule has 1 saturated heterocycles. The van der Waals surface area contributed by atoms with Crippen LogP contribution in [0.5, 0.6) is 0 Å². The van der Waals surface area contributed by atoms with Gasteiger partial charge in [0.2, 0.25) is 11.9 Å². The molecule has 0 N–H and O–H groups in total. The molecule has 1 amide bonds. The van der Waals surface area contributed by atoms with Gasteiger partial charge in [0.1, 0.15) is 0 Å². The molecule has 94 valence electrons. The maximum absolute atomic E-state index is 12.3. The zero-order valence-electron chi connectivity index (χ0n) is 10.4. The number of amides is 1. The van der Waals surface area contributed by atoms with Gasteiger partial charge in [-0.3, -0.25) is 14.7 Å². The van der Waals surface area contributed by atoms with Crippen molar-refractivity contribution in [2.45, 2.75) is 38.5 Å². The summed E-state index contributed by atoms with van der Waals surface area (Å²) in [5.41, 5.74) is 0. The van der Waals surface area contributed by atoms with Crippen LogP contribution in [0.3, 0.4) is 0 Å². The Hall–Kier alpha value is -1.06. The standard InChI is InChI=1S/C13H21N3O/c17-12(11-5-4-6-11)16-10-7-14-13(16)15-8-2-1-3-9-15/h11H,1-10H2. The first-order chi connectivity index (χ1) is 8.36. The minimum Gasteiger partial charge on any atom is -0.342 e. The molecule has 0 unspecified atom stereocenters. The van der Waals surface area contributed by atoms with Crippen LogP contribution in [0.2, 0.25) is 0 Å². The van der Waals surface area contributed by atoms with Crippen LogP contribution >= 0.6 is 0 Å². The second-order valence-electron chi connectivity index (χ2n) is 5.35. The van der Waals surface area contributed by atoms with Crippen molar-refractivity contribution in [3.05, 3.63) is 0 Å². The average molecular weight is 235 g/mol. The van der Waals surface area contributed by atoms with Gasteiger partial charge in [-0.05, 0) is 32.1 Å². The maximum Gasteiger partial charge on any atom is 0.232 e. The topological polar surface area (TPSA) is 35.9 Å². The SMILES string of the molecule is O=C(C1CCC1)N1CCN=C1N1CCCCC1. The first kappa shape index (κ1) is 11.1. The molecule has 4 nitrogen and oxygen atoms in total. The number of aliphatic imine (C=N–C) groups is 1. The summed E-state index contributed by atoms with van der Waals surface area (Å²) in [5.74, 6) is 1.60. The van der Waals surface area contributed by atoms with E-state index in [1.807, 2.05) is 4.90 Å².